The van der Waals surface area contributed by atoms with Gasteiger partial charge in [-0.05, 0) is 31.2 Å². The Balaban J connectivity index is 0.00000156. The van der Waals surface area contributed by atoms with Gasteiger partial charge in [-0.3, -0.25) is 0 Å². The van der Waals surface area contributed by atoms with Crippen molar-refractivity contribution >= 4 is 47.3 Å². The zero-order valence-corrected chi connectivity index (χ0v) is 15.8. The first kappa shape index (κ1) is 21.4. The van der Waals surface area contributed by atoms with Crippen LogP contribution in [0.4, 0.5) is 4.39 Å². The van der Waals surface area contributed by atoms with Crippen molar-refractivity contribution in [2.24, 2.45) is 5.73 Å². The van der Waals surface area contributed by atoms with E-state index in [1.54, 1.807) is 18.5 Å². The molecular formula is C17H18Cl3FN4. The molecule has 0 amide bonds. The van der Waals surface area contributed by atoms with Gasteiger partial charge < -0.3 is 10.3 Å². The van der Waals surface area contributed by atoms with E-state index in [0.29, 0.717) is 5.02 Å². The molecule has 0 spiro atoms. The van der Waals surface area contributed by atoms with Gasteiger partial charge in [-0.2, -0.15) is 0 Å². The predicted molar refractivity (Wildman–Crippen MR) is 105 cm³/mol. The van der Waals surface area contributed by atoms with Crippen molar-refractivity contribution in [2.75, 3.05) is 6.54 Å². The van der Waals surface area contributed by atoms with E-state index in [2.05, 4.69) is 9.97 Å². The van der Waals surface area contributed by atoms with Crippen molar-refractivity contribution in [3.63, 3.8) is 0 Å². The summed E-state index contributed by atoms with van der Waals surface area (Å²) in [5, 5.41) is 1.58. The highest BCUT2D eigenvalue weighted by molar-refractivity contribution is 6.31. The fourth-order valence-corrected chi connectivity index (χ4v) is 2.97. The second-order valence-electron chi connectivity index (χ2n) is 5.22. The van der Waals surface area contributed by atoms with Crippen LogP contribution in [0.1, 0.15) is 5.69 Å². The third-order valence-electron chi connectivity index (χ3n) is 3.78. The number of aromatic nitrogens is 3. The molecule has 0 aliphatic carbocycles. The molecule has 1 aromatic carbocycles. The van der Waals surface area contributed by atoms with E-state index in [-0.39, 0.29) is 43.7 Å². The van der Waals surface area contributed by atoms with Crippen LogP contribution in [-0.4, -0.2) is 21.1 Å². The quantitative estimate of drug-likeness (QED) is 0.686. The first-order chi connectivity index (χ1) is 11.1. The average molecular weight is 404 g/mol. The van der Waals surface area contributed by atoms with Crippen LogP contribution in [0.2, 0.25) is 5.02 Å². The third-order valence-corrected chi connectivity index (χ3v) is 4.02. The second kappa shape index (κ2) is 9.15. The molecule has 0 aliphatic heterocycles. The van der Waals surface area contributed by atoms with Crippen molar-refractivity contribution in [3.8, 4) is 11.1 Å². The molecule has 0 unspecified atom stereocenters. The average Bonchev–Trinajstić information content (AvgIpc) is 2.80. The molecule has 134 valence electrons. The molecule has 0 radical (unpaired) electrons. The van der Waals surface area contributed by atoms with Crippen molar-refractivity contribution in [1.29, 1.82) is 0 Å². The zero-order chi connectivity index (χ0) is 16.4. The summed E-state index contributed by atoms with van der Waals surface area (Å²) in [7, 11) is 0. The molecule has 2 aromatic heterocycles. The molecule has 0 saturated heterocycles. The topological polar surface area (TPSA) is 56.7 Å². The minimum absolute atomic E-state index is 0. The number of fused-ring (bicyclic) bond motifs is 1. The Morgan fingerprint density at radius 1 is 1.28 bits per heavy atom. The van der Waals surface area contributed by atoms with E-state index in [9.17, 15) is 4.39 Å². The minimum Gasteiger partial charge on any atom is -0.337 e. The largest absolute Gasteiger partial charge is 0.337 e. The van der Waals surface area contributed by atoms with E-state index in [4.69, 9.17) is 17.3 Å². The molecule has 0 saturated carbocycles. The van der Waals surface area contributed by atoms with Crippen LogP contribution in [0.5, 0.6) is 0 Å². The molecule has 2 N–H and O–H groups in total. The summed E-state index contributed by atoms with van der Waals surface area (Å²) in [5.74, 6) is -0.265. The monoisotopic (exact) mass is 402 g/mol. The standard InChI is InChI=1S/C17H16ClFN4.2ClH/c1-11-17(12-7-21-10-22-8-12)15-6-13(18)2-3-16(15)23(11)9-14(19)4-5-20;;/h2-4,6-8,10H,5,9,20H2,1H3;2*1H/b14-4-;;. The van der Waals surface area contributed by atoms with Crippen molar-refractivity contribution in [1.82, 2.24) is 14.5 Å². The lowest BCUT2D eigenvalue weighted by Gasteiger charge is -2.07. The highest BCUT2D eigenvalue weighted by Gasteiger charge is 2.17. The van der Waals surface area contributed by atoms with Crippen molar-refractivity contribution in [3.05, 3.63) is 59.5 Å². The van der Waals surface area contributed by atoms with Crippen LogP contribution < -0.4 is 5.73 Å². The molecule has 3 rings (SSSR count). The summed E-state index contributed by atoms with van der Waals surface area (Å²) < 4.78 is 15.9. The fourth-order valence-electron chi connectivity index (χ4n) is 2.79. The maximum absolute atomic E-state index is 14.0. The third kappa shape index (κ3) is 4.30. The van der Waals surface area contributed by atoms with E-state index in [0.717, 1.165) is 27.7 Å². The molecule has 4 nitrogen and oxygen atoms in total. The summed E-state index contributed by atoms with van der Waals surface area (Å²) in [6.07, 6.45) is 6.35. The van der Waals surface area contributed by atoms with E-state index < -0.39 is 0 Å². The first-order valence-electron chi connectivity index (χ1n) is 7.20. The summed E-state index contributed by atoms with van der Waals surface area (Å²) in [5.41, 5.74) is 9.06. The van der Waals surface area contributed by atoms with Gasteiger partial charge in [-0.15, -0.1) is 24.8 Å². The van der Waals surface area contributed by atoms with Gasteiger partial charge in [0, 0.05) is 51.7 Å². The molecule has 25 heavy (non-hydrogen) atoms. The van der Waals surface area contributed by atoms with Crippen LogP contribution >= 0.6 is 36.4 Å². The van der Waals surface area contributed by atoms with Crippen LogP contribution in [-0.2, 0) is 6.54 Å². The number of halogens is 4. The fraction of sp³-hybridized carbons (Fsp3) is 0.176. The molecule has 0 atom stereocenters. The van der Waals surface area contributed by atoms with Crippen LogP contribution in [0.25, 0.3) is 22.0 Å². The summed E-state index contributed by atoms with van der Waals surface area (Å²) in [6.45, 7) is 2.26. The van der Waals surface area contributed by atoms with Gasteiger partial charge in [0.15, 0.2) is 0 Å². The van der Waals surface area contributed by atoms with Gasteiger partial charge in [0.05, 0.1) is 6.54 Å². The van der Waals surface area contributed by atoms with Crippen molar-refractivity contribution in [2.45, 2.75) is 13.5 Å². The van der Waals surface area contributed by atoms with Gasteiger partial charge in [0.2, 0.25) is 0 Å². The van der Waals surface area contributed by atoms with Gasteiger partial charge >= 0.3 is 0 Å². The SMILES string of the molecule is Cc1c(-c2cncnc2)c2cc(Cl)ccc2n1C/C(F)=C/CN.Cl.Cl. The Labute approximate surface area is 162 Å². The number of allylic oxidation sites excluding steroid dienone is 1. The normalized spacial score (nSPS) is 11.1. The molecule has 3 aromatic rings. The molecular weight excluding hydrogens is 386 g/mol. The zero-order valence-electron chi connectivity index (χ0n) is 13.4. The number of hydrogen-bond donors (Lipinski definition) is 1. The second-order valence-corrected chi connectivity index (χ2v) is 5.66. The minimum atomic E-state index is -0.265. The Morgan fingerprint density at radius 3 is 2.60 bits per heavy atom. The first-order valence-corrected chi connectivity index (χ1v) is 7.58. The Bertz CT molecular complexity index is 878. The molecule has 8 heteroatoms. The van der Waals surface area contributed by atoms with Crippen LogP contribution in [0, 0.1) is 6.92 Å². The van der Waals surface area contributed by atoms with Crippen molar-refractivity contribution < 1.29 is 4.39 Å². The number of nitrogens with two attached hydrogens (primary N) is 1. The van der Waals surface area contributed by atoms with Gasteiger partial charge in [0.25, 0.3) is 0 Å². The maximum atomic E-state index is 14.0. The van der Waals surface area contributed by atoms with Gasteiger partial charge in [0.1, 0.15) is 12.2 Å². The Hall–Kier alpha value is -1.66. The summed E-state index contributed by atoms with van der Waals surface area (Å²) >= 11 is 6.15. The number of nitrogens with zero attached hydrogens (tertiary/aromatic N) is 3. The maximum Gasteiger partial charge on any atom is 0.117 e. The number of hydrogen-bond acceptors (Lipinski definition) is 3. The lowest BCUT2D eigenvalue weighted by Crippen LogP contribution is -2.03. The number of benzene rings is 1. The van der Waals surface area contributed by atoms with E-state index >= 15 is 0 Å². The molecule has 0 fully saturated rings. The molecule has 0 aliphatic rings. The Morgan fingerprint density at radius 2 is 1.96 bits per heavy atom. The summed E-state index contributed by atoms with van der Waals surface area (Å²) in [4.78, 5) is 8.15. The van der Waals surface area contributed by atoms with E-state index in [1.807, 2.05) is 23.6 Å². The van der Waals surface area contributed by atoms with Crippen LogP contribution in [0.15, 0.2) is 48.8 Å². The lowest BCUT2D eigenvalue weighted by molar-refractivity contribution is 0.555. The van der Waals surface area contributed by atoms with Crippen LogP contribution in [0.3, 0.4) is 0 Å². The van der Waals surface area contributed by atoms with Gasteiger partial charge in [-0.1, -0.05) is 11.6 Å². The van der Waals surface area contributed by atoms with E-state index in [1.165, 1.54) is 12.4 Å². The lowest BCUT2D eigenvalue weighted by atomic mass is 10.1. The highest BCUT2D eigenvalue weighted by atomic mass is 35.5. The highest BCUT2D eigenvalue weighted by Crippen LogP contribution is 2.35. The molecule has 0 bridgehead atoms. The smallest absolute Gasteiger partial charge is 0.117 e. The number of rotatable bonds is 4. The molecule has 2 heterocycles. The summed E-state index contributed by atoms with van der Waals surface area (Å²) in [6, 6.07) is 5.58. The Kier molecular flexibility index (Phi) is 7.83. The predicted octanol–water partition coefficient (Wildman–Crippen LogP) is 4.72. The van der Waals surface area contributed by atoms with Gasteiger partial charge in [-0.25, -0.2) is 14.4 Å².